The zero-order valence-electron chi connectivity index (χ0n) is 10.8. The highest BCUT2D eigenvalue weighted by Crippen LogP contribution is 2.08. The number of rotatable bonds is 6. The van der Waals surface area contributed by atoms with Crippen LogP contribution < -0.4 is 0 Å². The summed E-state index contributed by atoms with van der Waals surface area (Å²) in [6, 6.07) is 7.44. The van der Waals surface area contributed by atoms with Gasteiger partial charge in [0.25, 0.3) is 0 Å². The molecule has 1 aromatic rings. The molecule has 98 valence electrons. The van der Waals surface area contributed by atoms with Crippen molar-refractivity contribution < 1.29 is 19.1 Å². The minimum absolute atomic E-state index is 0.212. The highest BCUT2D eigenvalue weighted by atomic mass is 16.5. The van der Waals surface area contributed by atoms with Gasteiger partial charge < -0.3 is 9.47 Å². The van der Waals surface area contributed by atoms with Crippen LogP contribution in [-0.4, -0.2) is 11.9 Å². The molecule has 0 fully saturated rings. The average molecular weight is 250 g/mol. The van der Waals surface area contributed by atoms with E-state index in [9.17, 15) is 9.59 Å². The molecule has 0 aliphatic heterocycles. The van der Waals surface area contributed by atoms with Crippen molar-refractivity contribution in [3.63, 3.8) is 0 Å². The average Bonchev–Trinajstić information content (AvgIpc) is 2.43. The molecule has 0 saturated heterocycles. The van der Waals surface area contributed by atoms with E-state index in [4.69, 9.17) is 9.47 Å². The molecule has 0 aliphatic rings. The van der Waals surface area contributed by atoms with Gasteiger partial charge in [0.15, 0.2) is 0 Å². The van der Waals surface area contributed by atoms with Crippen LogP contribution >= 0.6 is 0 Å². The Balaban J connectivity index is 2.42. The maximum absolute atomic E-state index is 11.0. The van der Waals surface area contributed by atoms with Crippen molar-refractivity contribution in [3.05, 3.63) is 35.4 Å². The van der Waals surface area contributed by atoms with Gasteiger partial charge in [0.1, 0.15) is 13.2 Å². The predicted molar refractivity (Wildman–Crippen MR) is 66.6 cm³/mol. The number of esters is 2. The molecule has 0 aromatic heterocycles. The van der Waals surface area contributed by atoms with Gasteiger partial charge in [-0.25, -0.2) is 0 Å². The summed E-state index contributed by atoms with van der Waals surface area (Å²) in [7, 11) is 0. The van der Waals surface area contributed by atoms with Gasteiger partial charge in [-0.15, -0.1) is 0 Å². The van der Waals surface area contributed by atoms with E-state index in [0.29, 0.717) is 12.8 Å². The lowest BCUT2D eigenvalue weighted by atomic mass is 10.1. The molecular weight excluding hydrogens is 232 g/mol. The van der Waals surface area contributed by atoms with Crippen LogP contribution in [0, 0.1) is 0 Å². The maximum atomic E-state index is 11.0. The second-order valence-corrected chi connectivity index (χ2v) is 3.84. The molecule has 4 nitrogen and oxygen atoms in total. The molecule has 18 heavy (non-hydrogen) atoms. The van der Waals surface area contributed by atoms with Crippen molar-refractivity contribution in [2.75, 3.05) is 0 Å². The lowest BCUT2D eigenvalue weighted by molar-refractivity contribution is -0.145. The highest BCUT2D eigenvalue weighted by Gasteiger charge is 2.02. The Bertz CT molecular complexity index is 356. The summed E-state index contributed by atoms with van der Waals surface area (Å²) in [6.45, 7) is 4.07. The maximum Gasteiger partial charge on any atom is 0.305 e. The molecule has 0 aliphatic carbocycles. The zero-order chi connectivity index (χ0) is 13.4. The standard InChI is InChI=1S/C14H18O4/c1-3-13(15)17-9-11-5-7-12(8-6-11)10-18-14(16)4-2/h5-8H,3-4,9-10H2,1-2H3. The summed E-state index contributed by atoms with van der Waals surface area (Å²) in [5.41, 5.74) is 1.84. The first-order valence-corrected chi connectivity index (χ1v) is 6.04. The largest absolute Gasteiger partial charge is 0.461 e. The fourth-order valence-corrected chi connectivity index (χ4v) is 1.26. The van der Waals surface area contributed by atoms with Gasteiger partial charge in [0, 0.05) is 12.8 Å². The number of benzene rings is 1. The van der Waals surface area contributed by atoms with Crippen molar-refractivity contribution in [2.24, 2.45) is 0 Å². The quantitative estimate of drug-likeness (QED) is 0.728. The smallest absolute Gasteiger partial charge is 0.305 e. The topological polar surface area (TPSA) is 52.6 Å². The van der Waals surface area contributed by atoms with Crippen LogP contribution in [0.15, 0.2) is 24.3 Å². The molecule has 0 N–H and O–H groups in total. The van der Waals surface area contributed by atoms with E-state index in [-0.39, 0.29) is 25.2 Å². The van der Waals surface area contributed by atoms with E-state index < -0.39 is 0 Å². The van der Waals surface area contributed by atoms with Crippen LogP contribution in [0.1, 0.15) is 37.8 Å². The van der Waals surface area contributed by atoms with Crippen LogP contribution in [0.4, 0.5) is 0 Å². The van der Waals surface area contributed by atoms with Gasteiger partial charge in [0.05, 0.1) is 0 Å². The van der Waals surface area contributed by atoms with Crippen molar-refractivity contribution in [1.82, 2.24) is 0 Å². The minimum atomic E-state index is -0.212. The summed E-state index contributed by atoms with van der Waals surface area (Å²) < 4.78 is 10.0. The fraction of sp³-hybridized carbons (Fsp3) is 0.429. The number of hydrogen-bond acceptors (Lipinski definition) is 4. The lowest BCUT2D eigenvalue weighted by Gasteiger charge is -2.06. The van der Waals surface area contributed by atoms with E-state index in [1.807, 2.05) is 24.3 Å². The van der Waals surface area contributed by atoms with Crippen molar-refractivity contribution in [2.45, 2.75) is 39.9 Å². The van der Waals surface area contributed by atoms with Crippen LogP contribution in [-0.2, 0) is 32.3 Å². The first-order chi connectivity index (χ1) is 8.65. The molecule has 0 atom stereocenters. The zero-order valence-corrected chi connectivity index (χ0v) is 10.8. The van der Waals surface area contributed by atoms with E-state index >= 15 is 0 Å². The van der Waals surface area contributed by atoms with Crippen LogP contribution in [0.25, 0.3) is 0 Å². The molecule has 0 amide bonds. The summed E-state index contributed by atoms with van der Waals surface area (Å²) >= 11 is 0. The number of carbonyl (C=O) groups is 2. The fourth-order valence-electron chi connectivity index (χ4n) is 1.26. The van der Waals surface area contributed by atoms with E-state index in [0.717, 1.165) is 11.1 Å². The highest BCUT2D eigenvalue weighted by molar-refractivity contribution is 5.69. The molecule has 0 heterocycles. The Morgan fingerprint density at radius 2 is 1.17 bits per heavy atom. The number of ether oxygens (including phenoxy) is 2. The van der Waals surface area contributed by atoms with Crippen molar-refractivity contribution >= 4 is 11.9 Å². The first-order valence-electron chi connectivity index (χ1n) is 6.04. The van der Waals surface area contributed by atoms with Crippen molar-refractivity contribution in [3.8, 4) is 0 Å². The minimum Gasteiger partial charge on any atom is -0.461 e. The molecule has 4 heteroatoms. The molecule has 0 radical (unpaired) electrons. The van der Waals surface area contributed by atoms with Gasteiger partial charge >= 0.3 is 11.9 Å². The normalized spacial score (nSPS) is 9.89. The van der Waals surface area contributed by atoms with E-state index in [2.05, 4.69) is 0 Å². The number of hydrogen-bond donors (Lipinski definition) is 0. The van der Waals surface area contributed by atoms with Crippen LogP contribution in [0.5, 0.6) is 0 Å². The summed E-state index contributed by atoms with van der Waals surface area (Å²) in [6.07, 6.45) is 0.760. The van der Waals surface area contributed by atoms with Crippen LogP contribution in [0.3, 0.4) is 0 Å². The molecule has 1 rings (SSSR count). The lowest BCUT2D eigenvalue weighted by Crippen LogP contribution is -2.03. The molecular formula is C14H18O4. The first kappa shape index (κ1) is 14.2. The Labute approximate surface area is 107 Å². The van der Waals surface area contributed by atoms with Gasteiger partial charge in [0.2, 0.25) is 0 Å². The Kier molecular flexibility index (Phi) is 5.91. The summed E-state index contributed by atoms with van der Waals surface area (Å²) in [5, 5.41) is 0. The summed E-state index contributed by atoms with van der Waals surface area (Å²) in [4.78, 5) is 22.0. The predicted octanol–water partition coefficient (Wildman–Crippen LogP) is 2.59. The van der Waals surface area contributed by atoms with Gasteiger partial charge in [-0.05, 0) is 11.1 Å². The SMILES string of the molecule is CCC(=O)OCc1ccc(COC(=O)CC)cc1. The molecule has 0 bridgehead atoms. The number of carbonyl (C=O) groups excluding carboxylic acids is 2. The van der Waals surface area contributed by atoms with E-state index in [1.165, 1.54) is 0 Å². The van der Waals surface area contributed by atoms with Gasteiger partial charge in [-0.2, -0.15) is 0 Å². The Morgan fingerprint density at radius 1 is 0.833 bits per heavy atom. The van der Waals surface area contributed by atoms with E-state index in [1.54, 1.807) is 13.8 Å². The monoisotopic (exact) mass is 250 g/mol. The third kappa shape index (κ3) is 4.99. The Hall–Kier alpha value is -1.84. The third-order valence-electron chi connectivity index (χ3n) is 2.40. The molecule has 1 aromatic carbocycles. The summed E-state index contributed by atoms with van der Waals surface area (Å²) in [5.74, 6) is -0.424. The molecule has 0 unspecified atom stereocenters. The second-order valence-electron chi connectivity index (χ2n) is 3.84. The van der Waals surface area contributed by atoms with Crippen LogP contribution in [0.2, 0.25) is 0 Å². The van der Waals surface area contributed by atoms with Crippen molar-refractivity contribution in [1.29, 1.82) is 0 Å². The van der Waals surface area contributed by atoms with Gasteiger partial charge in [-0.3, -0.25) is 9.59 Å². The molecule has 0 saturated carbocycles. The van der Waals surface area contributed by atoms with Gasteiger partial charge in [-0.1, -0.05) is 38.1 Å². The third-order valence-corrected chi connectivity index (χ3v) is 2.40. The second kappa shape index (κ2) is 7.48. The Morgan fingerprint density at radius 3 is 1.44 bits per heavy atom. The molecule has 0 spiro atoms.